The van der Waals surface area contributed by atoms with Crippen molar-refractivity contribution in [3.05, 3.63) is 59.7 Å². The van der Waals surface area contributed by atoms with E-state index in [1.54, 1.807) is 4.90 Å². The molecule has 34 heavy (non-hydrogen) atoms. The van der Waals surface area contributed by atoms with Crippen LogP contribution in [0.25, 0.3) is 0 Å². The van der Waals surface area contributed by atoms with Crippen LogP contribution in [0.4, 0.5) is 5.69 Å². The van der Waals surface area contributed by atoms with Gasteiger partial charge in [-0.05, 0) is 41.5 Å². The van der Waals surface area contributed by atoms with E-state index in [1.165, 1.54) is 12.0 Å². The van der Waals surface area contributed by atoms with Crippen molar-refractivity contribution < 1.29 is 19.4 Å². The zero-order chi connectivity index (χ0) is 24.1. The van der Waals surface area contributed by atoms with Crippen LogP contribution in [0.3, 0.4) is 0 Å². The van der Waals surface area contributed by atoms with Gasteiger partial charge in [0.1, 0.15) is 24.4 Å². The molecule has 1 amide bonds. The molecule has 0 spiro atoms. The van der Waals surface area contributed by atoms with E-state index < -0.39 is 18.1 Å². The van der Waals surface area contributed by atoms with Gasteiger partial charge in [0, 0.05) is 0 Å². The van der Waals surface area contributed by atoms with Gasteiger partial charge in [-0.25, -0.2) is 0 Å². The Morgan fingerprint density at radius 3 is 2.47 bits per heavy atom. The molecular formula is C28H36N2O4. The van der Waals surface area contributed by atoms with Gasteiger partial charge in [0.25, 0.3) is 0 Å². The molecule has 0 radical (unpaired) electrons. The first kappa shape index (κ1) is 24.3. The number of aliphatic carboxylic acids is 1. The van der Waals surface area contributed by atoms with Crippen LogP contribution in [0.15, 0.2) is 48.5 Å². The lowest BCUT2D eigenvalue weighted by Crippen LogP contribution is -2.54. The lowest BCUT2D eigenvalue weighted by Gasteiger charge is -2.29. The number of nitrogens with zero attached hydrogens (tertiary/aromatic N) is 1. The Labute approximate surface area is 202 Å². The summed E-state index contributed by atoms with van der Waals surface area (Å²) in [5.74, 6) is 0.396. The van der Waals surface area contributed by atoms with Crippen LogP contribution < -0.4 is 15.0 Å². The van der Waals surface area contributed by atoms with E-state index in [2.05, 4.69) is 43.4 Å². The van der Waals surface area contributed by atoms with Gasteiger partial charge in [0.15, 0.2) is 0 Å². The van der Waals surface area contributed by atoms with E-state index in [0.717, 1.165) is 31.2 Å². The van der Waals surface area contributed by atoms with Gasteiger partial charge in [-0.1, -0.05) is 82.3 Å². The number of carbonyl (C=O) groups excluding carboxylic acids is 1. The number of ether oxygens (including phenoxy) is 1. The number of fused-ring (bicyclic) bond motifs is 1. The largest absolute Gasteiger partial charge is 0.489 e. The molecule has 1 aliphatic heterocycles. The van der Waals surface area contributed by atoms with Gasteiger partial charge in [-0.15, -0.1) is 0 Å². The minimum absolute atomic E-state index is 0.104. The maximum Gasteiger partial charge on any atom is 0.320 e. The summed E-state index contributed by atoms with van der Waals surface area (Å²) >= 11 is 0. The van der Waals surface area contributed by atoms with Crippen molar-refractivity contribution >= 4 is 17.6 Å². The smallest absolute Gasteiger partial charge is 0.320 e. The van der Waals surface area contributed by atoms with Crippen LogP contribution in [0.1, 0.15) is 69.4 Å². The highest BCUT2D eigenvalue weighted by Gasteiger charge is 2.35. The molecule has 1 heterocycles. The zero-order valence-corrected chi connectivity index (χ0v) is 20.2. The highest BCUT2D eigenvalue weighted by atomic mass is 16.5. The van der Waals surface area contributed by atoms with E-state index in [1.807, 2.05) is 24.3 Å². The van der Waals surface area contributed by atoms with Crippen molar-refractivity contribution in [2.24, 2.45) is 5.92 Å². The Morgan fingerprint density at radius 2 is 1.79 bits per heavy atom. The van der Waals surface area contributed by atoms with Gasteiger partial charge in [0.2, 0.25) is 5.91 Å². The van der Waals surface area contributed by atoms with Gasteiger partial charge in [-0.3, -0.25) is 14.9 Å². The summed E-state index contributed by atoms with van der Waals surface area (Å²) in [6.45, 7) is 4.82. The van der Waals surface area contributed by atoms with Gasteiger partial charge in [-0.2, -0.15) is 0 Å². The molecule has 0 aromatic heterocycles. The topological polar surface area (TPSA) is 78.9 Å². The molecule has 0 saturated heterocycles. The third-order valence-electron chi connectivity index (χ3n) is 7.11. The Morgan fingerprint density at radius 1 is 1.09 bits per heavy atom. The maximum absolute atomic E-state index is 13.7. The Kier molecular flexibility index (Phi) is 7.88. The highest BCUT2D eigenvalue weighted by Crippen LogP contribution is 2.33. The monoisotopic (exact) mass is 464 g/mol. The third-order valence-corrected chi connectivity index (χ3v) is 7.11. The maximum atomic E-state index is 13.7. The molecule has 1 aliphatic carbocycles. The molecule has 2 atom stereocenters. The number of benzene rings is 2. The fourth-order valence-corrected chi connectivity index (χ4v) is 5.07. The Hall–Kier alpha value is -2.86. The molecule has 1 unspecified atom stereocenters. The number of carboxylic acid groups (broad SMARTS) is 1. The first-order valence-corrected chi connectivity index (χ1v) is 12.5. The molecule has 2 aromatic rings. The van der Waals surface area contributed by atoms with Crippen molar-refractivity contribution in [1.29, 1.82) is 0 Å². The summed E-state index contributed by atoms with van der Waals surface area (Å²) in [4.78, 5) is 27.5. The van der Waals surface area contributed by atoms with E-state index in [-0.39, 0.29) is 12.5 Å². The van der Waals surface area contributed by atoms with Gasteiger partial charge < -0.3 is 14.7 Å². The van der Waals surface area contributed by atoms with E-state index in [9.17, 15) is 14.7 Å². The van der Waals surface area contributed by atoms with E-state index in [4.69, 9.17) is 4.74 Å². The normalized spacial score (nSPS) is 19.9. The molecule has 2 aromatic carbocycles. The lowest BCUT2D eigenvalue weighted by molar-refractivity contribution is -0.140. The quantitative estimate of drug-likeness (QED) is 0.567. The second-order valence-electron chi connectivity index (χ2n) is 9.95. The number of anilines is 1. The fraction of sp³-hybridized carbons (Fsp3) is 0.500. The first-order chi connectivity index (χ1) is 16.4. The standard InChI is InChI=1S/C28H36N2O4/c1-19(2)22-14-12-21(13-15-22)17-30-25-10-6-7-11-26(25)34-18-24(27(30)31)29-23(28(32)33)16-20-8-4-3-5-9-20/h6-7,10-15,19-20,23-24,29H,3-5,8-9,16-18H2,1-2H3,(H,32,33)/t23-,24?/m0/s1. The summed E-state index contributed by atoms with van der Waals surface area (Å²) in [5, 5.41) is 13.1. The predicted octanol–water partition coefficient (Wildman–Crippen LogP) is 5.12. The van der Waals surface area contributed by atoms with Crippen LogP contribution in [0.2, 0.25) is 0 Å². The van der Waals surface area contributed by atoms with Crippen molar-refractivity contribution in [1.82, 2.24) is 5.32 Å². The van der Waals surface area contributed by atoms with Gasteiger partial charge in [0.05, 0.1) is 12.2 Å². The van der Waals surface area contributed by atoms with Gasteiger partial charge >= 0.3 is 5.97 Å². The van der Waals surface area contributed by atoms with Crippen molar-refractivity contribution in [2.75, 3.05) is 11.5 Å². The van der Waals surface area contributed by atoms with Crippen molar-refractivity contribution in [3.63, 3.8) is 0 Å². The molecule has 1 fully saturated rings. The summed E-state index contributed by atoms with van der Waals surface area (Å²) in [6, 6.07) is 14.3. The molecule has 6 heteroatoms. The number of amides is 1. The molecule has 6 nitrogen and oxygen atoms in total. The average Bonchev–Trinajstić information content (AvgIpc) is 2.97. The molecular weight excluding hydrogens is 428 g/mol. The number of nitrogens with one attached hydrogen (secondary N) is 1. The molecule has 4 rings (SSSR count). The van der Waals surface area contributed by atoms with Crippen molar-refractivity contribution in [2.45, 2.75) is 76.9 Å². The summed E-state index contributed by atoms with van der Waals surface area (Å²) in [7, 11) is 0. The number of para-hydroxylation sites is 2. The number of rotatable bonds is 8. The van der Waals surface area contributed by atoms with E-state index in [0.29, 0.717) is 36.2 Å². The number of hydrogen-bond donors (Lipinski definition) is 2. The average molecular weight is 465 g/mol. The zero-order valence-electron chi connectivity index (χ0n) is 20.2. The third kappa shape index (κ3) is 5.79. The molecule has 2 N–H and O–H groups in total. The minimum atomic E-state index is -0.907. The second-order valence-corrected chi connectivity index (χ2v) is 9.95. The number of hydrogen-bond acceptors (Lipinski definition) is 4. The second kappa shape index (κ2) is 11.0. The minimum Gasteiger partial charge on any atom is -0.489 e. The SMILES string of the molecule is CC(C)c1ccc(CN2C(=O)C(N[C@@H](CC3CCCCC3)C(=O)O)COc3ccccc32)cc1. The van der Waals surface area contributed by atoms with Crippen LogP contribution >= 0.6 is 0 Å². The van der Waals surface area contributed by atoms with Crippen LogP contribution in [-0.4, -0.2) is 35.7 Å². The molecule has 182 valence electrons. The summed E-state index contributed by atoms with van der Waals surface area (Å²) in [5.41, 5.74) is 2.98. The lowest BCUT2D eigenvalue weighted by atomic mass is 9.84. The Balaban J connectivity index is 1.55. The first-order valence-electron chi connectivity index (χ1n) is 12.5. The fourth-order valence-electron chi connectivity index (χ4n) is 5.07. The van der Waals surface area contributed by atoms with Crippen LogP contribution in [0, 0.1) is 5.92 Å². The van der Waals surface area contributed by atoms with Crippen molar-refractivity contribution in [3.8, 4) is 5.75 Å². The van der Waals surface area contributed by atoms with Crippen LogP contribution in [0.5, 0.6) is 5.75 Å². The Bertz CT molecular complexity index is 982. The number of carbonyl (C=O) groups is 2. The molecule has 1 saturated carbocycles. The highest BCUT2D eigenvalue weighted by molar-refractivity contribution is 5.99. The molecule has 2 aliphatic rings. The number of carboxylic acids is 1. The predicted molar refractivity (Wildman–Crippen MR) is 133 cm³/mol. The van der Waals surface area contributed by atoms with E-state index >= 15 is 0 Å². The summed E-state index contributed by atoms with van der Waals surface area (Å²) in [6.07, 6.45) is 6.20. The van der Waals surface area contributed by atoms with Crippen LogP contribution in [-0.2, 0) is 16.1 Å². The molecule has 0 bridgehead atoms. The summed E-state index contributed by atoms with van der Waals surface area (Å²) < 4.78 is 6.00.